The molecule has 0 aliphatic carbocycles. The van der Waals surface area contributed by atoms with E-state index in [9.17, 15) is 28.1 Å². The zero-order chi connectivity index (χ0) is 22.1. The normalized spacial score (nSPS) is 11.7. The number of nitro benzene ring substituents is 1. The molecule has 0 bridgehead atoms. The number of amides is 1. The van der Waals surface area contributed by atoms with E-state index in [2.05, 4.69) is 10.2 Å². The van der Waals surface area contributed by atoms with Crippen molar-refractivity contribution in [2.45, 2.75) is 11.4 Å². The highest BCUT2D eigenvalue weighted by atomic mass is 32.2. The molecule has 0 fully saturated rings. The molecule has 0 spiro atoms. The Hall–Kier alpha value is -3.55. The summed E-state index contributed by atoms with van der Waals surface area (Å²) in [6.07, 6.45) is 0. The number of aromatic nitrogens is 1. The number of carbonyl (C=O) groups is 1. The maximum Gasteiger partial charge on any atom is 0.420 e. The molecule has 12 nitrogen and oxygen atoms in total. The van der Waals surface area contributed by atoms with E-state index in [1.165, 1.54) is 50.6 Å². The van der Waals surface area contributed by atoms with E-state index >= 15 is 0 Å². The highest BCUT2D eigenvalue weighted by Gasteiger charge is 2.21. The fourth-order valence-corrected chi connectivity index (χ4v) is 3.59. The van der Waals surface area contributed by atoms with E-state index in [4.69, 9.17) is 4.42 Å². The second kappa shape index (κ2) is 8.06. The summed E-state index contributed by atoms with van der Waals surface area (Å²) in [6.45, 7) is -0.407. The molecular formula is C17H16N4O8S. The van der Waals surface area contributed by atoms with Crippen molar-refractivity contribution in [1.82, 2.24) is 9.04 Å². The molecule has 158 valence electrons. The van der Waals surface area contributed by atoms with Crippen LogP contribution >= 0.6 is 0 Å². The van der Waals surface area contributed by atoms with E-state index in [1.54, 1.807) is 0 Å². The van der Waals surface area contributed by atoms with Crippen LogP contribution in [0.25, 0.3) is 11.1 Å². The number of benzene rings is 2. The Morgan fingerprint density at radius 1 is 1.27 bits per heavy atom. The lowest BCUT2D eigenvalue weighted by atomic mass is 10.3. The van der Waals surface area contributed by atoms with E-state index in [0.29, 0.717) is 10.2 Å². The molecule has 1 amide bonds. The van der Waals surface area contributed by atoms with Crippen LogP contribution in [0.15, 0.2) is 56.6 Å². The van der Waals surface area contributed by atoms with Crippen LogP contribution in [0.4, 0.5) is 11.4 Å². The van der Waals surface area contributed by atoms with Gasteiger partial charge in [0, 0.05) is 18.8 Å². The average Bonchev–Trinajstić information content (AvgIpc) is 3.01. The zero-order valence-electron chi connectivity index (χ0n) is 15.8. The number of hydrogen-bond acceptors (Lipinski definition) is 8. The Kier molecular flexibility index (Phi) is 5.69. The number of carbonyl (C=O) groups excluding carboxylic acids is 1. The Labute approximate surface area is 169 Å². The van der Waals surface area contributed by atoms with E-state index < -0.39 is 33.2 Å². The summed E-state index contributed by atoms with van der Waals surface area (Å²) in [7, 11) is -1.37. The summed E-state index contributed by atoms with van der Waals surface area (Å²) < 4.78 is 31.0. The average molecular weight is 436 g/mol. The second-order valence-corrected chi connectivity index (χ2v) is 7.97. The Morgan fingerprint density at radius 3 is 2.53 bits per heavy atom. The lowest BCUT2D eigenvalue weighted by molar-refractivity contribution is -0.384. The van der Waals surface area contributed by atoms with Gasteiger partial charge in [0.2, 0.25) is 5.91 Å². The first kappa shape index (κ1) is 21.2. The number of rotatable bonds is 7. The number of hydrogen-bond donors (Lipinski definition) is 1. The number of non-ortho nitro benzene ring substituents is 1. The third-order valence-electron chi connectivity index (χ3n) is 4.20. The van der Waals surface area contributed by atoms with Crippen molar-refractivity contribution < 1.29 is 27.4 Å². The van der Waals surface area contributed by atoms with Gasteiger partial charge in [0.15, 0.2) is 5.58 Å². The van der Waals surface area contributed by atoms with Crippen molar-refractivity contribution in [2.24, 2.45) is 0 Å². The molecule has 2 aromatic carbocycles. The van der Waals surface area contributed by atoms with Gasteiger partial charge in [-0.15, -0.1) is 0 Å². The van der Waals surface area contributed by atoms with Crippen LogP contribution in [-0.2, 0) is 26.2 Å². The number of anilines is 1. The summed E-state index contributed by atoms with van der Waals surface area (Å²) in [5.41, 5.74) is 0.265. The van der Waals surface area contributed by atoms with Crippen LogP contribution in [0.3, 0.4) is 0 Å². The third-order valence-corrected chi connectivity index (χ3v) is 5.89. The number of nitrogens with one attached hydrogen (secondary N) is 1. The lowest BCUT2D eigenvalue weighted by Crippen LogP contribution is -2.26. The highest BCUT2D eigenvalue weighted by Crippen LogP contribution is 2.21. The fourth-order valence-electron chi connectivity index (χ4n) is 2.62. The van der Waals surface area contributed by atoms with Gasteiger partial charge >= 0.3 is 5.76 Å². The number of nitrogens with zero attached hydrogens (tertiary/aromatic N) is 3. The molecule has 0 radical (unpaired) electrons. The van der Waals surface area contributed by atoms with Gasteiger partial charge in [-0.3, -0.25) is 24.3 Å². The standard InChI is InChI=1S/C17H16N4O8S/c1-19(28-2)30(26,27)13-6-3-11(4-7-13)18-16(22)10-20-14-8-5-12(21(24)25)9-15(14)29-17(20)23/h3-9H,10H2,1-2H3,(H,18,22). The van der Waals surface area contributed by atoms with Crippen molar-refractivity contribution in [3.63, 3.8) is 0 Å². The molecule has 0 unspecified atom stereocenters. The van der Waals surface area contributed by atoms with Crippen molar-refractivity contribution in [2.75, 3.05) is 19.5 Å². The molecule has 30 heavy (non-hydrogen) atoms. The van der Waals surface area contributed by atoms with Crippen molar-refractivity contribution in [1.29, 1.82) is 0 Å². The fraction of sp³-hybridized carbons (Fsp3) is 0.176. The van der Waals surface area contributed by atoms with Crippen molar-refractivity contribution in [3.05, 3.63) is 63.1 Å². The maximum atomic E-state index is 12.3. The smallest absolute Gasteiger partial charge is 0.407 e. The second-order valence-electron chi connectivity index (χ2n) is 6.03. The lowest BCUT2D eigenvalue weighted by Gasteiger charge is -2.14. The molecule has 0 aliphatic heterocycles. The number of nitro groups is 1. The summed E-state index contributed by atoms with van der Waals surface area (Å²) in [5.74, 6) is -1.42. The van der Waals surface area contributed by atoms with Gasteiger partial charge < -0.3 is 9.73 Å². The van der Waals surface area contributed by atoms with Gasteiger partial charge in [-0.1, -0.05) is 4.47 Å². The first-order valence-electron chi connectivity index (χ1n) is 8.34. The number of oxazole rings is 1. The summed E-state index contributed by atoms with van der Waals surface area (Å²) in [5, 5.41) is 13.4. The van der Waals surface area contributed by atoms with E-state index in [1.807, 2.05) is 0 Å². The highest BCUT2D eigenvalue weighted by molar-refractivity contribution is 7.89. The molecule has 1 aromatic heterocycles. The van der Waals surface area contributed by atoms with Crippen LogP contribution in [0.5, 0.6) is 0 Å². The Morgan fingerprint density at radius 2 is 1.93 bits per heavy atom. The van der Waals surface area contributed by atoms with Gasteiger partial charge in [0.05, 0.1) is 28.5 Å². The topological polar surface area (TPSA) is 154 Å². The minimum atomic E-state index is -3.82. The van der Waals surface area contributed by atoms with Crippen molar-refractivity contribution >= 4 is 38.4 Å². The zero-order valence-corrected chi connectivity index (χ0v) is 16.6. The van der Waals surface area contributed by atoms with Gasteiger partial charge in [-0.2, -0.15) is 0 Å². The monoisotopic (exact) mass is 436 g/mol. The largest absolute Gasteiger partial charge is 0.420 e. The van der Waals surface area contributed by atoms with E-state index in [-0.39, 0.29) is 21.7 Å². The van der Waals surface area contributed by atoms with Gasteiger partial charge in [0.25, 0.3) is 15.7 Å². The predicted molar refractivity (Wildman–Crippen MR) is 104 cm³/mol. The molecule has 3 aromatic rings. The van der Waals surface area contributed by atoms with Crippen molar-refractivity contribution in [3.8, 4) is 0 Å². The molecular weight excluding hydrogens is 420 g/mol. The molecule has 3 rings (SSSR count). The maximum absolute atomic E-state index is 12.3. The molecule has 1 heterocycles. The molecule has 0 saturated carbocycles. The SMILES string of the molecule is CON(C)S(=O)(=O)c1ccc(NC(=O)Cn2c(=O)oc3cc([N+](=O)[O-])ccc32)cc1. The molecule has 0 aliphatic rings. The van der Waals surface area contributed by atoms with Crippen LogP contribution in [0.2, 0.25) is 0 Å². The number of hydroxylamine groups is 1. The minimum absolute atomic E-state index is 0.0150. The molecule has 13 heteroatoms. The summed E-state index contributed by atoms with van der Waals surface area (Å²) >= 11 is 0. The molecule has 0 atom stereocenters. The van der Waals surface area contributed by atoms with Crippen LogP contribution in [-0.4, -0.2) is 42.4 Å². The van der Waals surface area contributed by atoms with Gasteiger partial charge in [0.1, 0.15) is 6.54 Å². The summed E-state index contributed by atoms with van der Waals surface area (Å²) in [6, 6.07) is 8.96. The third kappa shape index (κ3) is 4.07. The van der Waals surface area contributed by atoms with Crippen LogP contribution < -0.4 is 11.1 Å². The molecule has 1 N–H and O–H groups in total. The first-order valence-corrected chi connectivity index (χ1v) is 9.78. The number of sulfonamides is 1. The Bertz CT molecular complexity index is 1280. The quantitative estimate of drug-likeness (QED) is 0.430. The van der Waals surface area contributed by atoms with Gasteiger partial charge in [-0.25, -0.2) is 13.2 Å². The summed E-state index contributed by atoms with van der Waals surface area (Å²) in [4.78, 5) is 39.2. The Balaban J connectivity index is 1.77. The first-order chi connectivity index (χ1) is 14.1. The number of fused-ring (bicyclic) bond motifs is 1. The molecule has 0 saturated heterocycles. The predicted octanol–water partition coefficient (Wildman–Crippen LogP) is 1.32. The van der Waals surface area contributed by atoms with E-state index in [0.717, 1.165) is 10.6 Å². The van der Waals surface area contributed by atoms with Crippen LogP contribution in [0.1, 0.15) is 0 Å². The minimum Gasteiger partial charge on any atom is -0.407 e. The van der Waals surface area contributed by atoms with Gasteiger partial charge in [-0.05, 0) is 30.3 Å². The van der Waals surface area contributed by atoms with Crippen LogP contribution in [0, 0.1) is 10.1 Å².